The molecule has 1 atom stereocenters. The van der Waals surface area contributed by atoms with E-state index >= 15 is 0 Å². The van der Waals surface area contributed by atoms with Gasteiger partial charge in [-0.05, 0) is 43.5 Å². The largest absolute Gasteiger partial charge is 0.489 e. The average Bonchev–Trinajstić information content (AvgIpc) is 2.35. The Morgan fingerprint density at radius 1 is 1.21 bits per heavy atom. The summed E-state index contributed by atoms with van der Waals surface area (Å²) in [6, 6.07) is 8.07. The molecule has 0 amide bonds. The van der Waals surface area contributed by atoms with Crippen molar-refractivity contribution < 1.29 is 9.47 Å². The topological polar surface area (TPSA) is 30.5 Å². The molecule has 0 aromatic heterocycles. The van der Waals surface area contributed by atoms with Crippen LogP contribution < -0.4 is 10.1 Å². The molecule has 0 saturated carbocycles. The van der Waals surface area contributed by atoms with E-state index in [1.54, 1.807) is 7.11 Å². The summed E-state index contributed by atoms with van der Waals surface area (Å²) >= 11 is 0. The Morgan fingerprint density at radius 3 is 2.68 bits per heavy atom. The number of nitrogens with one attached hydrogen (secondary N) is 1. The van der Waals surface area contributed by atoms with Crippen LogP contribution in [0.4, 0.5) is 0 Å². The molecule has 0 spiro atoms. The molecule has 0 fully saturated rings. The summed E-state index contributed by atoms with van der Waals surface area (Å²) in [7, 11) is 1.70. The van der Waals surface area contributed by atoms with Gasteiger partial charge in [0, 0.05) is 13.7 Å². The zero-order chi connectivity index (χ0) is 14.1. The Balaban J connectivity index is 2.31. The molecule has 1 unspecified atom stereocenters. The maximum Gasteiger partial charge on any atom is 0.120 e. The van der Waals surface area contributed by atoms with E-state index in [1.165, 1.54) is 6.42 Å². The van der Waals surface area contributed by atoms with Crippen molar-refractivity contribution in [2.45, 2.75) is 39.9 Å². The number of ether oxygens (including phenoxy) is 2. The smallest absolute Gasteiger partial charge is 0.120 e. The Labute approximate surface area is 117 Å². The monoisotopic (exact) mass is 265 g/mol. The maximum atomic E-state index is 5.89. The van der Waals surface area contributed by atoms with Crippen molar-refractivity contribution in [3.05, 3.63) is 29.8 Å². The van der Waals surface area contributed by atoms with Crippen molar-refractivity contribution in [3.63, 3.8) is 0 Å². The molecule has 108 valence electrons. The van der Waals surface area contributed by atoms with E-state index in [9.17, 15) is 0 Å². The summed E-state index contributed by atoms with van der Waals surface area (Å²) in [5.74, 6) is 1.65. The fourth-order valence-electron chi connectivity index (χ4n) is 1.85. The molecular weight excluding hydrogens is 238 g/mol. The zero-order valence-corrected chi connectivity index (χ0v) is 12.6. The summed E-state index contributed by atoms with van der Waals surface area (Å²) in [5, 5.41) is 3.43. The van der Waals surface area contributed by atoms with Crippen molar-refractivity contribution in [3.8, 4) is 5.75 Å². The molecule has 1 aromatic rings. The van der Waals surface area contributed by atoms with Crippen molar-refractivity contribution in [1.82, 2.24) is 5.32 Å². The van der Waals surface area contributed by atoms with Crippen molar-refractivity contribution >= 4 is 0 Å². The van der Waals surface area contributed by atoms with E-state index in [-0.39, 0.29) is 6.10 Å². The van der Waals surface area contributed by atoms with Gasteiger partial charge in [-0.1, -0.05) is 26.0 Å². The lowest BCUT2D eigenvalue weighted by Gasteiger charge is -2.16. The van der Waals surface area contributed by atoms with Gasteiger partial charge in [-0.3, -0.25) is 0 Å². The molecule has 0 aliphatic heterocycles. The van der Waals surface area contributed by atoms with Gasteiger partial charge in [-0.25, -0.2) is 0 Å². The molecule has 0 aliphatic rings. The van der Waals surface area contributed by atoms with Crippen LogP contribution in [0, 0.1) is 5.92 Å². The second-order valence-corrected chi connectivity index (χ2v) is 5.40. The van der Waals surface area contributed by atoms with Crippen LogP contribution in [0.25, 0.3) is 0 Å². The Kier molecular flexibility index (Phi) is 7.53. The first kappa shape index (κ1) is 16.0. The maximum absolute atomic E-state index is 5.89. The third-order valence-corrected chi connectivity index (χ3v) is 2.88. The van der Waals surface area contributed by atoms with Crippen LogP contribution in [-0.2, 0) is 11.3 Å². The second kappa shape index (κ2) is 8.94. The van der Waals surface area contributed by atoms with E-state index in [1.807, 2.05) is 24.3 Å². The lowest BCUT2D eigenvalue weighted by molar-refractivity contribution is 0.183. The predicted molar refractivity (Wildman–Crippen MR) is 79.6 cm³/mol. The van der Waals surface area contributed by atoms with E-state index in [2.05, 4.69) is 26.1 Å². The molecule has 3 nitrogen and oxygen atoms in total. The van der Waals surface area contributed by atoms with Crippen LogP contribution in [0.3, 0.4) is 0 Å². The van der Waals surface area contributed by atoms with Gasteiger partial charge in [-0.15, -0.1) is 0 Å². The molecule has 3 heteroatoms. The van der Waals surface area contributed by atoms with Crippen molar-refractivity contribution in [2.75, 3.05) is 20.2 Å². The highest BCUT2D eigenvalue weighted by molar-refractivity contribution is 5.28. The van der Waals surface area contributed by atoms with Crippen LogP contribution in [0.15, 0.2) is 24.3 Å². The van der Waals surface area contributed by atoms with Crippen LogP contribution in [-0.4, -0.2) is 26.3 Å². The highest BCUT2D eigenvalue weighted by Gasteiger charge is 2.04. The number of methoxy groups -OCH3 is 1. The van der Waals surface area contributed by atoms with Gasteiger partial charge in [0.25, 0.3) is 0 Å². The van der Waals surface area contributed by atoms with Crippen LogP contribution in [0.5, 0.6) is 5.75 Å². The number of hydrogen-bond donors (Lipinski definition) is 1. The van der Waals surface area contributed by atoms with Gasteiger partial charge in [0.1, 0.15) is 11.9 Å². The van der Waals surface area contributed by atoms with E-state index in [0.29, 0.717) is 6.61 Å². The summed E-state index contributed by atoms with van der Waals surface area (Å²) in [6.45, 7) is 9.12. The molecular formula is C16H27NO2. The normalized spacial score (nSPS) is 12.7. The SMILES string of the molecule is COCc1cccc(OC(C)CNCCC(C)C)c1. The average molecular weight is 265 g/mol. The minimum absolute atomic E-state index is 0.171. The molecule has 0 aliphatic carbocycles. The van der Waals surface area contributed by atoms with E-state index in [0.717, 1.165) is 30.3 Å². The molecule has 1 aromatic carbocycles. The van der Waals surface area contributed by atoms with Gasteiger partial charge in [0.05, 0.1) is 6.61 Å². The van der Waals surface area contributed by atoms with Crippen LogP contribution >= 0.6 is 0 Å². The van der Waals surface area contributed by atoms with Gasteiger partial charge in [-0.2, -0.15) is 0 Å². The molecule has 1 N–H and O–H groups in total. The van der Waals surface area contributed by atoms with Gasteiger partial charge in [0.15, 0.2) is 0 Å². The van der Waals surface area contributed by atoms with Crippen LogP contribution in [0.1, 0.15) is 32.8 Å². The standard InChI is InChI=1S/C16H27NO2/c1-13(2)8-9-17-11-14(3)19-16-7-5-6-15(10-16)12-18-4/h5-7,10,13-14,17H,8-9,11-12H2,1-4H3. The zero-order valence-electron chi connectivity index (χ0n) is 12.6. The number of hydrogen-bond acceptors (Lipinski definition) is 3. The minimum Gasteiger partial charge on any atom is -0.489 e. The second-order valence-electron chi connectivity index (χ2n) is 5.40. The number of benzene rings is 1. The molecule has 1 rings (SSSR count). The summed E-state index contributed by atoms with van der Waals surface area (Å²) in [5.41, 5.74) is 1.14. The third-order valence-electron chi connectivity index (χ3n) is 2.88. The van der Waals surface area contributed by atoms with E-state index in [4.69, 9.17) is 9.47 Å². The highest BCUT2D eigenvalue weighted by Crippen LogP contribution is 2.15. The highest BCUT2D eigenvalue weighted by atomic mass is 16.5. The Morgan fingerprint density at radius 2 is 2.00 bits per heavy atom. The summed E-state index contributed by atoms with van der Waals surface area (Å²) in [4.78, 5) is 0. The van der Waals surface area contributed by atoms with Crippen molar-refractivity contribution in [1.29, 1.82) is 0 Å². The minimum atomic E-state index is 0.171. The summed E-state index contributed by atoms with van der Waals surface area (Å²) in [6.07, 6.45) is 1.38. The molecule has 0 radical (unpaired) electrons. The van der Waals surface area contributed by atoms with E-state index < -0.39 is 0 Å². The van der Waals surface area contributed by atoms with Gasteiger partial charge in [0.2, 0.25) is 0 Å². The Hall–Kier alpha value is -1.06. The molecule has 0 saturated heterocycles. The lowest BCUT2D eigenvalue weighted by atomic mass is 10.1. The molecule has 0 bridgehead atoms. The molecule has 19 heavy (non-hydrogen) atoms. The van der Waals surface area contributed by atoms with Crippen molar-refractivity contribution in [2.24, 2.45) is 5.92 Å². The quantitative estimate of drug-likeness (QED) is 0.695. The fraction of sp³-hybridized carbons (Fsp3) is 0.625. The first-order valence-corrected chi connectivity index (χ1v) is 7.07. The fourth-order valence-corrected chi connectivity index (χ4v) is 1.85. The first-order valence-electron chi connectivity index (χ1n) is 7.07. The predicted octanol–water partition coefficient (Wildman–Crippen LogP) is 3.24. The third kappa shape index (κ3) is 7.19. The van der Waals surface area contributed by atoms with Gasteiger partial charge >= 0.3 is 0 Å². The van der Waals surface area contributed by atoms with Crippen LogP contribution in [0.2, 0.25) is 0 Å². The lowest BCUT2D eigenvalue weighted by Crippen LogP contribution is -2.30. The summed E-state index contributed by atoms with van der Waals surface area (Å²) < 4.78 is 11.0. The molecule has 0 heterocycles. The Bertz CT molecular complexity index is 352. The first-order chi connectivity index (χ1) is 9.11. The number of rotatable bonds is 9. The van der Waals surface area contributed by atoms with Gasteiger partial charge < -0.3 is 14.8 Å².